The van der Waals surface area contributed by atoms with E-state index in [2.05, 4.69) is 15.3 Å². The Kier molecular flexibility index (Phi) is 5.96. The third kappa shape index (κ3) is 4.95. The van der Waals surface area contributed by atoms with E-state index in [0.717, 1.165) is 6.07 Å². The molecule has 1 unspecified atom stereocenters. The maximum atomic E-state index is 13.2. The first kappa shape index (κ1) is 16.8. The van der Waals surface area contributed by atoms with E-state index in [-0.39, 0.29) is 18.7 Å². The highest BCUT2D eigenvalue weighted by molar-refractivity contribution is 5.32. The fourth-order valence-electron chi connectivity index (χ4n) is 1.62. The maximum absolute atomic E-state index is 13.2. The van der Waals surface area contributed by atoms with Gasteiger partial charge in [0.25, 0.3) is 0 Å². The minimum atomic E-state index is -4.82. The van der Waals surface area contributed by atoms with Gasteiger partial charge in [0.05, 0.1) is 11.6 Å². The van der Waals surface area contributed by atoms with Crippen LogP contribution in [0.5, 0.6) is 0 Å². The van der Waals surface area contributed by atoms with Crippen LogP contribution in [0, 0.1) is 17.1 Å². The normalized spacial score (nSPS) is 12.3. The van der Waals surface area contributed by atoms with Gasteiger partial charge in [0, 0.05) is 11.5 Å². The molecule has 0 heterocycles. The lowest BCUT2D eigenvalue weighted by molar-refractivity contribution is -0.140. The van der Waals surface area contributed by atoms with Gasteiger partial charge in [-0.15, -0.1) is 0 Å². The van der Waals surface area contributed by atoms with E-state index in [9.17, 15) is 17.6 Å². The molecule has 1 aromatic carbocycles. The van der Waals surface area contributed by atoms with Gasteiger partial charge in [0.1, 0.15) is 11.9 Å². The zero-order valence-corrected chi connectivity index (χ0v) is 10.7. The summed E-state index contributed by atoms with van der Waals surface area (Å²) < 4.78 is 50.9. The van der Waals surface area contributed by atoms with Crippen LogP contribution in [0.1, 0.15) is 23.6 Å². The fraction of sp³-hybridized carbons (Fsp3) is 0.417. The average molecular weight is 301 g/mol. The van der Waals surface area contributed by atoms with Crippen LogP contribution < -0.4 is 5.32 Å². The number of halogens is 4. The van der Waals surface area contributed by atoms with E-state index < -0.39 is 23.6 Å². The van der Waals surface area contributed by atoms with Crippen molar-refractivity contribution >= 4 is 0 Å². The Morgan fingerprint density at radius 1 is 1.43 bits per heavy atom. The van der Waals surface area contributed by atoms with Gasteiger partial charge in [0.2, 0.25) is 0 Å². The van der Waals surface area contributed by atoms with Crippen molar-refractivity contribution in [2.75, 3.05) is 13.1 Å². The molecule has 0 aliphatic carbocycles. The van der Waals surface area contributed by atoms with Crippen LogP contribution in [-0.4, -0.2) is 13.1 Å². The zero-order valence-electron chi connectivity index (χ0n) is 10.7. The van der Waals surface area contributed by atoms with Crippen LogP contribution in [0.2, 0.25) is 0 Å². The van der Waals surface area contributed by atoms with Crippen molar-refractivity contribution in [3.8, 4) is 6.07 Å². The Morgan fingerprint density at radius 2 is 2.14 bits per heavy atom. The Bertz CT molecular complexity index is 572. The number of nitrogens with zero attached hydrogens (tertiary/aromatic N) is 4. The van der Waals surface area contributed by atoms with Gasteiger partial charge in [-0.25, -0.2) is 4.39 Å². The molecular weight excluding hydrogens is 290 g/mol. The highest BCUT2D eigenvalue weighted by Gasteiger charge is 2.34. The minimum Gasteiger partial charge on any atom is -0.298 e. The standard InChI is InChI=1S/C12H11F4N5/c13-10-3-2-8(6-9(10)12(14,15)16)11(7-17)19-4-1-5-20-21-18/h2-3,6,11,19H,1,4-5H2. The number of hydrogen-bond donors (Lipinski definition) is 1. The molecule has 1 N–H and O–H groups in total. The molecule has 1 aromatic rings. The first-order valence-electron chi connectivity index (χ1n) is 5.90. The SMILES string of the molecule is N#CC(NCCCN=[N+]=[N-])c1ccc(F)c(C(F)(F)F)c1. The van der Waals surface area contributed by atoms with E-state index >= 15 is 0 Å². The molecule has 0 spiro atoms. The number of nitriles is 1. The lowest BCUT2D eigenvalue weighted by Gasteiger charge is -2.14. The molecule has 0 aliphatic rings. The molecule has 0 fully saturated rings. The summed E-state index contributed by atoms with van der Waals surface area (Å²) in [5, 5.41) is 15.0. The molecule has 9 heteroatoms. The van der Waals surface area contributed by atoms with E-state index in [1.54, 1.807) is 6.07 Å². The lowest BCUT2D eigenvalue weighted by Crippen LogP contribution is -2.22. The number of rotatable bonds is 6. The van der Waals surface area contributed by atoms with Crippen molar-refractivity contribution in [1.29, 1.82) is 5.26 Å². The summed E-state index contributed by atoms with van der Waals surface area (Å²) in [4.78, 5) is 2.54. The van der Waals surface area contributed by atoms with Crippen LogP contribution in [0.3, 0.4) is 0 Å². The van der Waals surface area contributed by atoms with Crippen molar-refractivity contribution in [2.24, 2.45) is 5.11 Å². The third-order valence-corrected chi connectivity index (χ3v) is 2.60. The van der Waals surface area contributed by atoms with Crippen molar-refractivity contribution in [3.63, 3.8) is 0 Å². The zero-order chi connectivity index (χ0) is 15.9. The molecule has 21 heavy (non-hydrogen) atoms. The molecule has 1 rings (SSSR count). The fourth-order valence-corrected chi connectivity index (χ4v) is 1.62. The summed E-state index contributed by atoms with van der Waals surface area (Å²) in [6.07, 6.45) is -4.39. The number of nitrogens with one attached hydrogen (secondary N) is 1. The molecule has 1 atom stereocenters. The summed E-state index contributed by atoms with van der Waals surface area (Å²) in [7, 11) is 0. The number of alkyl halides is 3. The second-order valence-electron chi connectivity index (χ2n) is 4.06. The molecule has 0 saturated carbocycles. The second-order valence-corrected chi connectivity index (χ2v) is 4.06. The number of hydrogen-bond acceptors (Lipinski definition) is 3. The molecule has 0 amide bonds. The minimum absolute atomic E-state index is 0.0232. The summed E-state index contributed by atoms with van der Waals surface area (Å²) >= 11 is 0. The summed E-state index contributed by atoms with van der Waals surface area (Å²) in [6.45, 7) is 0.481. The first-order valence-corrected chi connectivity index (χ1v) is 5.90. The maximum Gasteiger partial charge on any atom is 0.419 e. The lowest BCUT2D eigenvalue weighted by atomic mass is 10.0. The van der Waals surface area contributed by atoms with Crippen LogP contribution in [0.4, 0.5) is 17.6 Å². The molecule has 5 nitrogen and oxygen atoms in total. The van der Waals surface area contributed by atoms with E-state index in [0.29, 0.717) is 18.6 Å². The van der Waals surface area contributed by atoms with E-state index in [1.165, 1.54) is 0 Å². The van der Waals surface area contributed by atoms with Gasteiger partial charge in [-0.05, 0) is 36.2 Å². The summed E-state index contributed by atoms with van der Waals surface area (Å²) in [5.41, 5.74) is 6.69. The Balaban J connectivity index is 2.82. The number of azide groups is 1. The van der Waals surface area contributed by atoms with Crippen LogP contribution in [-0.2, 0) is 6.18 Å². The Labute approximate surface area is 117 Å². The van der Waals surface area contributed by atoms with E-state index in [1.807, 2.05) is 0 Å². The molecule has 0 aromatic heterocycles. The van der Waals surface area contributed by atoms with Gasteiger partial charge in [0.15, 0.2) is 0 Å². The van der Waals surface area contributed by atoms with Crippen molar-refractivity contribution in [3.05, 3.63) is 45.6 Å². The summed E-state index contributed by atoms with van der Waals surface area (Å²) in [6, 6.07) is 3.22. The molecule has 0 radical (unpaired) electrons. The quantitative estimate of drug-likeness (QED) is 0.285. The second kappa shape index (κ2) is 7.47. The molecule has 0 saturated heterocycles. The van der Waals surface area contributed by atoms with Crippen LogP contribution >= 0.6 is 0 Å². The van der Waals surface area contributed by atoms with Crippen LogP contribution in [0.15, 0.2) is 23.3 Å². The highest BCUT2D eigenvalue weighted by Crippen LogP contribution is 2.32. The van der Waals surface area contributed by atoms with Crippen LogP contribution in [0.25, 0.3) is 10.4 Å². The molecular formula is C12H11F4N5. The van der Waals surface area contributed by atoms with Crippen molar-refractivity contribution in [1.82, 2.24) is 5.32 Å². The Hall–Kier alpha value is -2.30. The van der Waals surface area contributed by atoms with Gasteiger partial charge in [-0.3, -0.25) is 5.32 Å². The predicted molar refractivity (Wildman–Crippen MR) is 66.4 cm³/mol. The molecule has 0 bridgehead atoms. The van der Waals surface area contributed by atoms with Gasteiger partial charge < -0.3 is 0 Å². The monoisotopic (exact) mass is 301 g/mol. The van der Waals surface area contributed by atoms with Crippen molar-refractivity contribution < 1.29 is 17.6 Å². The highest BCUT2D eigenvalue weighted by atomic mass is 19.4. The van der Waals surface area contributed by atoms with Crippen molar-refractivity contribution in [2.45, 2.75) is 18.6 Å². The number of benzene rings is 1. The summed E-state index contributed by atoms with van der Waals surface area (Å²) in [5.74, 6) is -1.38. The largest absolute Gasteiger partial charge is 0.419 e. The smallest absolute Gasteiger partial charge is 0.298 e. The molecule has 0 aliphatic heterocycles. The third-order valence-electron chi connectivity index (χ3n) is 2.60. The van der Waals surface area contributed by atoms with Gasteiger partial charge in [-0.2, -0.15) is 18.4 Å². The van der Waals surface area contributed by atoms with E-state index in [4.69, 9.17) is 10.8 Å². The molecule has 112 valence electrons. The average Bonchev–Trinajstić information content (AvgIpc) is 2.42. The topological polar surface area (TPSA) is 84.6 Å². The Morgan fingerprint density at radius 3 is 2.71 bits per heavy atom. The first-order chi connectivity index (χ1) is 9.90. The van der Waals surface area contributed by atoms with Gasteiger partial charge >= 0.3 is 6.18 Å². The predicted octanol–water partition coefficient (Wildman–Crippen LogP) is 3.70. The van der Waals surface area contributed by atoms with Gasteiger partial charge in [-0.1, -0.05) is 11.2 Å².